The first kappa shape index (κ1) is 14.0. The van der Waals surface area contributed by atoms with E-state index in [4.69, 9.17) is 5.73 Å². The van der Waals surface area contributed by atoms with E-state index in [1.165, 1.54) is 6.08 Å². The Kier molecular flexibility index (Phi) is 9.15. The van der Waals surface area contributed by atoms with Crippen LogP contribution in [-0.2, 0) is 9.59 Å². The Labute approximate surface area is 78.5 Å². The van der Waals surface area contributed by atoms with Crippen molar-refractivity contribution in [3.8, 4) is 0 Å². The lowest BCUT2D eigenvalue weighted by atomic mass is 10.3. The smallest absolute Gasteiger partial charge is 0.243 e. The van der Waals surface area contributed by atoms with Gasteiger partial charge in [0.25, 0.3) is 0 Å². The van der Waals surface area contributed by atoms with Crippen molar-refractivity contribution in [2.24, 2.45) is 5.73 Å². The van der Waals surface area contributed by atoms with E-state index >= 15 is 0 Å². The first-order valence-corrected chi connectivity index (χ1v) is 3.76. The zero-order valence-corrected chi connectivity index (χ0v) is 8.26. The fraction of sp³-hybridized carbons (Fsp3) is 0.333. The van der Waals surface area contributed by atoms with Gasteiger partial charge in [0, 0.05) is 12.6 Å². The van der Waals surface area contributed by atoms with Crippen molar-refractivity contribution in [1.29, 1.82) is 0 Å². The van der Waals surface area contributed by atoms with Gasteiger partial charge < -0.3 is 11.1 Å². The Morgan fingerprint density at radius 2 is 1.92 bits per heavy atom. The summed E-state index contributed by atoms with van der Waals surface area (Å²) in [5, 5.41) is 2.36. The summed E-state index contributed by atoms with van der Waals surface area (Å²) in [4.78, 5) is 20.0. The number of hydrogen-bond donors (Lipinski definition) is 2. The Morgan fingerprint density at radius 3 is 1.92 bits per heavy atom. The average molecular weight is 184 g/mol. The highest BCUT2D eigenvalue weighted by Crippen LogP contribution is 1.85. The Bertz CT molecular complexity index is 220. The topological polar surface area (TPSA) is 72.2 Å². The van der Waals surface area contributed by atoms with E-state index in [0.29, 0.717) is 5.57 Å². The maximum absolute atomic E-state index is 10.1. The molecule has 0 unspecified atom stereocenters. The molecule has 0 aromatic heterocycles. The van der Waals surface area contributed by atoms with E-state index in [0.717, 1.165) is 0 Å². The fourth-order valence-electron chi connectivity index (χ4n) is 0.244. The van der Waals surface area contributed by atoms with Gasteiger partial charge in [0.05, 0.1) is 0 Å². The molecule has 0 bridgehead atoms. The van der Waals surface area contributed by atoms with Crippen molar-refractivity contribution < 1.29 is 9.59 Å². The number of nitrogens with one attached hydrogen (secondary N) is 1. The first-order chi connectivity index (χ1) is 5.99. The van der Waals surface area contributed by atoms with E-state index in [1.54, 1.807) is 27.0 Å². The SMILES string of the molecule is C=CC(=O)NC.CC=C(C)C(N)=O. The van der Waals surface area contributed by atoms with Crippen LogP contribution in [0.5, 0.6) is 0 Å². The lowest BCUT2D eigenvalue weighted by Gasteiger charge is -1.85. The van der Waals surface area contributed by atoms with Crippen LogP contribution in [0, 0.1) is 0 Å². The van der Waals surface area contributed by atoms with E-state index in [2.05, 4.69) is 11.9 Å². The summed E-state index contributed by atoms with van der Waals surface area (Å²) >= 11 is 0. The van der Waals surface area contributed by atoms with Crippen LogP contribution in [0.2, 0.25) is 0 Å². The largest absolute Gasteiger partial charge is 0.366 e. The number of hydrogen-bond acceptors (Lipinski definition) is 2. The van der Waals surface area contributed by atoms with Crippen LogP contribution in [0.4, 0.5) is 0 Å². The highest BCUT2D eigenvalue weighted by atomic mass is 16.1. The lowest BCUT2D eigenvalue weighted by Crippen LogP contribution is -2.13. The van der Waals surface area contributed by atoms with Crippen molar-refractivity contribution >= 4 is 11.8 Å². The standard InChI is InChI=1S/C5H9NO.C4H7NO/c1-3-4(2)5(6)7;1-3-4(6)5-2/h3H,1-2H3,(H2,6,7);3H,1H2,2H3,(H,5,6). The molecule has 0 aromatic rings. The molecule has 0 fully saturated rings. The molecule has 0 aliphatic carbocycles. The van der Waals surface area contributed by atoms with Crippen molar-refractivity contribution in [2.75, 3.05) is 7.05 Å². The van der Waals surface area contributed by atoms with Crippen molar-refractivity contribution in [3.63, 3.8) is 0 Å². The Hall–Kier alpha value is -1.58. The van der Waals surface area contributed by atoms with E-state index < -0.39 is 0 Å². The van der Waals surface area contributed by atoms with Crippen LogP contribution in [-0.4, -0.2) is 18.9 Å². The number of allylic oxidation sites excluding steroid dienone is 1. The zero-order valence-electron chi connectivity index (χ0n) is 8.26. The quantitative estimate of drug-likeness (QED) is 0.608. The second-order valence-corrected chi connectivity index (χ2v) is 2.15. The van der Waals surface area contributed by atoms with Gasteiger partial charge in [0.2, 0.25) is 11.8 Å². The number of nitrogens with two attached hydrogens (primary N) is 1. The molecule has 13 heavy (non-hydrogen) atoms. The number of rotatable bonds is 2. The van der Waals surface area contributed by atoms with Crippen molar-refractivity contribution in [3.05, 3.63) is 24.3 Å². The molecule has 3 N–H and O–H groups in total. The average Bonchev–Trinajstić information content (AvgIpc) is 2.16. The fourth-order valence-corrected chi connectivity index (χ4v) is 0.244. The monoisotopic (exact) mass is 184 g/mol. The minimum absolute atomic E-state index is 0.144. The van der Waals surface area contributed by atoms with E-state index in [1.807, 2.05) is 0 Å². The van der Waals surface area contributed by atoms with Gasteiger partial charge >= 0.3 is 0 Å². The molecular weight excluding hydrogens is 168 g/mol. The minimum atomic E-state index is -0.345. The Balaban J connectivity index is 0. The Morgan fingerprint density at radius 1 is 1.46 bits per heavy atom. The molecule has 2 amide bonds. The molecule has 0 saturated heterocycles. The molecule has 0 rings (SSSR count). The van der Waals surface area contributed by atoms with Crippen molar-refractivity contribution in [1.82, 2.24) is 5.32 Å². The molecule has 4 nitrogen and oxygen atoms in total. The summed E-state index contributed by atoms with van der Waals surface area (Å²) in [5.74, 6) is -0.488. The van der Waals surface area contributed by atoms with Gasteiger partial charge in [-0.1, -0.05) is 12.7 Å². The van der Waals surface area contributed by atoms with Crippen LogP contribution in [0.1, 0.15) is 13.8 Å². The number of carbonyl (C=O) groups is 2. The molecular formula is C9H16N2O2. The zero-order chi connectivity index (χ0) is 10.9. The molecule has 0 atom stereocenters. The number of likely N-dealkylation sites (N-methyl/N-ethyl adjacent to an activating group) is 1. The predicted molar refractivity (Wildman–Crippen MR) is 52.9 cm³/mol. The van der Waals surface area contributed by atoms with Gasteiger partial charge in [-0.3, -0.25) is 9.59 Å². The van der Waals surface area contributed by atoms with Gasteiger partial charge in [0.1, 0.15) is 0 Å². The summed E-state index contributed by atoms with van der Waals surface area (Å²) < 4.78 is 0. The van der Waals surface area contributed by atoms with Gasteiger partial charge in [-0.25, -0.2) is 0 Å². The van der Waals surface area contributed by atoms with Gasteiger partial charge in [0.15, 0.2) is 0 Å². The van der Waals surface area contributed by atoms with Crippen LogP contribution >= 0.6 is 0 Å². The molecule has 74 valence electrons. The minimum Gasteiger partial charge on any atom is -0.366 e. The number of carbonyl (C=O) groups excluding carboxylic acids is 2. The van der Waals surface area contributed by atoms with E-state index in [-0.39, 0.29) is 11.8 Å². The second kappa shape index (κ2) is 8.52. The molecule has 0 radical (unpaired) electrons. The molecule has 0 heterocycles. The van der Waals surface area contributed by atoms with Crippen LogP contribution in [0.3, 0.4) is 0 Å². The molecule has 0 aliphatic heterocycles. The van der Waals surface area contributed by atoms with E-state index in [9.17, 15) is 9.59 Å². The molecule has 0 spiro atoms. The van der Waals surface area contributed by atoms with Crippen LogP contribution in [0.15, 0.2) is 24.3 Å². The number of primary amides is 1. The maximum atomic E-state index is 10.1. The van der Waals surface area contributed by atoms with Gasteiger partial charge in [-0.2, -0.15) is 0 Å². The summed E-state index contributed by atoms with van der Waals surface area (Å²) in [6, 6.07) is 0. The van der Waals surface area contributed by atoms with Crippen LogP contribution < -0.4 is 11.1 Å². The summed E-state index contributed by atoms with van der Waals surface area (Å²) in [6.07, 6.45) is 2.91. The third-order valence-electron chi connectivity index (χ3n) is 1.25. The third kappa shape index (κ3) is 10.4. The second-order valence-electron chi connectivity index (χ2n) is 2.15. The van der Waals surface area contributed by atoms with Crippen LogP contribution in [0.25, 0.3) is 0 Å². The van der Waals surface area contributed by atoms with Gasteiger partial charge in [-0.15, -0.1) is 0 Å². The van der Waals surface area contributed by atoms with Crippen molar-refractivity contribution in [2.45, 2.75) is 13.8 Å². The predicted octanol–water partition coefficient (Wildman–Crippen LogP) is 0.356. The van der Waals surface area contributed by atoms with Gasteiger partial charge in [-0.05, 0) is 19.9 Å². The normalized spacial score (nSPS) is 9.31. The summed E-state index contributed by atoms with van der Waals surface area (Å²) in [5.41, 5.74) is 5.45. The molecule has 4 heteroatoms. The molecule has 0 aliphatic rings. The lowest BCUT2D eigenvalue weighted by molar-refractivity contribution is -0.116. The summed E-state index contributed by atoms with van der Waals surface area (Å²) in [6.45, 7) is 6.68. The molecule has 0 aromatic carbocycles. The first-order valence-electron chi connectivity index (χ1n) is 3.76. The third-order valence-corrected chi connectivity index (χ3v) is 1.25. The molecule has 0 saturated carbocycles. The highest BCUT2D eigenvalue weighted by Gasteiger charge is 1.90. The summed E-state index contributed by atoms with van der Waals surface area (Å²) in [7, 11) is 1.56. The maximum Gasteiger partial charge on any atom is 0.243 e. The highest BCUT2D eigenvalue weighted by molar-refractivity contribution is 5.91. The number of amides is 2.